The Hall–Kier alpha value is -2.16. The molecular formula is C24H32N6OS. The predicted molar refractivity (Wildman–Crippen MR) is 130 cm³/mol. The van der Waals surface area contributed by atoms with Gasteiger partial charge >= 0.3 is 0 Å². The van der Waals surface area contributed by atoms with Gasteiger partial charge in [-0.3, -0.25) is 9.58 Å². The molecule has 0 aromatic carbocycles. The minimum atomic E-state index is 0.529. The van der Waals surface area contributed by atoms with E-state index in [1.807, 2.05) is 35.5 Å². The number of pyridine rings is 1. The van der Waals surface area contributed by atoms with Gasteiger partial charge in [-0.25, -0.2) is 4.98 Å². The fourth-order valence-electron chi connectivity index (χ4n) is 5.66. The highest BCUT2D eigenvalue weighted by atomic mass is 32.1. The van der Waals surface area contributed by atoms with Crippen LogP contribution in [0.5, 0.6) is 0 Å². The van der Waals surface area contributed by atoms with Crippen molar-refractivity contribution in [2.75, 3.05) is 36.9 Å². The van der Waals surface area contributed by atoms with Gasteiger partial charge in [0.2, 0.25) is 0 Å². The molecule has 4 heterocycles. The van der Waals surface area contributed by atoms with Crippen LogP contribution in [0.15, 0.2) is 18.5 Å². The maximum Gasteiger partial charge on any atom is 0.134 e. The average Bonchev–Trinajstić information content (AvgIpc) is 3.51. The highest BCUT2D eigenvalue weighted by molar-refractivity contribution is 7.19. The first-order chi connectivity index (χ1) is 15.7. The van der Waals surface area contributed by atoms with Crippen LogP contribution < -0.4 is 10.6 Å². The summed E-state index contributed by atoms with van der Waals surface area (Å²) in [5.41, 5.74) is 3.77. The molecule has 3 aromatic heterocycles. The second-order valence-corrected chi connectivity index (χ2v) is 10.5. The van der Waals surface area contributed by atoms with Crippen LogP contribution in [-0.2, 0) is 24.6 Å². The van der Waals surface area contributed by atoms with Crippen LogP contribution in [0.3, 0.4) is 0 Å². The minimum Gasteiger partial charge on any atom is -0.382 e. The lowest BCUT2D eigenvalue weighted by atomic mass is 9.89. The Kier molecular flexibility index (Phi) is 5.53. The van der Waals surface area contributed by atoms with Crippen molar-refractivity contribution in [3.05, 3.63) is 28.9 Å². The second-order valence-electron chi connectivity index (χ2n) is 9.42. The summed E-state index contributed by atoms with van der Waals surface area (Å²) < 4.78 is 7.36. The molecule has 1 saturated carbocycles. The molecule has 0 unspecified atom stereocenters. The van der Waals surface area contributed by atoms with Crippen molar-refractivity contribution in [2.24, 2.45) is 7.05 Å². The van der Waals surface area contributed by atoms with E-state index >= 15 is 0 Å². The van der Waals surface area contributed by atoms with E-state index in [0.717, 1.165) is 48.7 Å². The largest absolute Gasteiger partial charge is 0.382 e. The summed E-state index contributed by atoms with van der Waals surface area (Å²) >= 11 is 1.88. The topological polar surface area (TPSA) is 67.2 Å². The van der Waals surface area contributed by atoms with Gasteiger partial charge in [-0.2, -0.15) is 5.10 Å². The van der Waals surface area contributed by atoms with Crippen LogP contribution in [0.1, 0.15) is 42.5 Å². The molecule has 0 radical (unpaired) electrons. The summed E-state index contributed by atoms with van der Waals surface area (Å²) in [6.45, 7) is 3.97. The molecule has 2 fully saturated rings. The van der Waals surface area contributed by atoms with Crippen LogP contribution in [0.25, 0.3) is 10.2 Å². The van der Waals surface area contributed by atoms with E-state index in [2.05, 4.69) is 26.7 Å². The highest BCUT2D eigenvalue weighted by Crippen LogP contribution is 2.42. The summed E-state index contributed by atoms with van der Waals surface area (Å²) in [5, 5.41) is 13.1. The van der Waals surface area contributed by atoms with Crippen LogP contribution in [0, 0.1) is 0 Å². The number of thiophene rings is 1. The molecule has 32 heavy (non-hydrogen) atoms. The van der Waals surface area contributed by atoms with Crippen molar-refractivity contribution in [3.63, 3.8) is 0 Å². The number of fused-ring (bicyclic) bond motifs is 3. The molecule has 2 aliphatic carbocycles. The molecular weight excluding hydrogens is 420 g/mol. The first-order valence-electron chi connectivity index (χ1n) is 12.0. The van der Waals surface area contributed by atoms with Crippen LogP contribution >= 0.6 is 11.3 Å². The number of aryl methyl sites for hydroxylation is 3. The maximum absolute atomic E-state index is 5.55. The van der Waals surface area contributed by atoms with Crippen molar-refractivity contribution in [3.8, 4) is 0 Å². The van der Waals surface area contributed by atoms with E-state index in [1.54, 1.807) is 0 Å². The van der Waals surface area contributed by atoms with Crippen molar-refractivity contribution in [2.45, 2.75) is 57.0 Å². The molecule has 3 aromatic rings. The van der Waals surface area contributed by atoms with Gasteiger partial charge in [0.25, 0.3) is 0 Å². The van der Waals surface area contributed by atoms with E-state index < -0.39 is 0 Å². The second kappa shape index (κ2) is 8.65. The zero-order valence-electron chi connectivity index (χ0n) is 18.8. The monoisotopic (exact) mass is 452 g/mol. The summed E-state index contributed by atoms with van der Waals surface area (Å²) in [6.07, 6.45) is 12.5. The number of nitrogens with one attached hydrogen (secondary N) is 2. The molecule has 1 aliphatic heterocycles. The third-order valence-corrected chi connectivity index (χ3v) is 8.46. The SMILES string of the molecule is Cn1cc(Nc2cc(NC3CCC(N4CCOCC4)CC3)c3c4c(sc3n2)CCC4)cn1. The molecule has 3 aliphatic rings. The molecule has 0 amide bonds. The number of hydrogen-bond donors (Lipinski definition) is 2. The molecule has 170 valence electrons. The minimum absolute atomic E-state index is 0.529. The Balaban J connectivity index is 1.23. The van der Waals surface area contributed by atoms with E-state index in [1.165, 1.54) is 66.5 Å². The van der Waals surface area contributed by atoms with E-state index in [4.69, 9.17) is 9.72 Å². The average molecular weight is 453 g/mol. The molecule has 0 bridgehead atoms. The van der Waals surface area contributed by atoms with E-state index in [-0.39, 0.29) is 0 Å². The van der Waals surface area contributed by atoms with Crippen molar-refractivity contribution >= 4 is 38.7 Å². The number of nitrogens with zero attached hydrogens (tertiary/aromatic N) is 4. The van der Waals surface area contributed by atoms with Gasteiger partial charge in [0.1, 0.15) is 10.6 Å². The van der Waals surface area contributed by atoms with Crippen molar-refractivity contribution in [1.29, 1.82) is 0 Å². The molecule has 0 atom stereocenters. The third kappa shape index (κ3) is 4.00. The Morgan fingerprint density at radius 2 is 1.97 bits per heavy atom. The molecule has 8 heteroatoms. The Morgan fingerprint density at radius 1 is 1.12 bits per heavy atom. The molecule has 7 nitrogen and oxygen atoms in total. The Morgan fingerprint density at radius 3 is 2.75 bits per heavy atom. The third-order valence-electron chi connectivity index (χ3n) is 7.27. The van der Waals surface area contributed by atoms with E-state index in [9.17, 15) is 0 Å². The first-order valence-corrected chi connectivity index (χ1v) is 12.8. The van der Waals surface area contributed by atoms with Gasteiger partial charge in [-0.1, -0.05) is 0 Å². The zero-order chi connectivity index (χ0) is 21.5. The van der Waals surface area contributed by atoms with Gasteiger partial charge in [-0.05, 0) is 50.5 Å². The van der Waals surface area contributed by atoms with Crippen LogP contribution in [0.4, 0.5) is 17.2 Å². The quantitative estimate of drug-likeness (QED) is 0.601. The summed E-state index contributed by atoms with van der Waals surface area (Å²) in [4.78, 5) is 10.3. The van der Waals surface area contributed by atoms with Crippen LogP contribution in [0.2, 0.25) is 0 Å². The normalized spacial score (nSPS) is 24.0. The zero-order valence-corrected chi connectivity index (χ0v) is 19.6. The lowest BCUT2D eigenvalue weighted by Crippen LogP contribution is -2.46. The Labute approximate surface area is 193 Å². The number of rotatable bonds is 5. The standard InChI is InChI=1S/C24H32N6OS/c1-29-15-17(14-25-29)27-22-13-20(23-19-3-2-4-21(19)32-24(23)28-22)26-16-5-7-18(8-6-16)30-9-11-31-12-10-30/h13-16,18H,2-12H2,1H3,(H2,26,27,28). The molecule has 1 saturated heterocycles. The number of morpholine rings is 1. The predicted octanol–water partition coefficient (Wildman–Crippen LogP) is 4.32. The molecule has 0 spiro atoms. The number of aromatic nitrogens is 3. The van der Waals surface area contributed by atoms with Crippen molar-refractivity contribution in [1.82, 2.24) is 19.7 Å². The summed E-state index contributed by atoms with van der Waals surface area (Å²) in [7, 11) is 1.94. The van der Waals surface area contributed by atoms with E-state index in [0.29, 0.717) is 6.04 Å². The fourth-order valence-corrected chi connectivity index (χ4v) is 6.94. The summed E-state index contributed by atoms with van der Waals surface area (Å²) in [5.74, 6) is 0.898. The van der Waals surface area contributed by atoms with Gasteiger partial charge in [0.15, 0.2) is 0 Å². The van der Waals surface area contributed by atoms with Gasteiger partial charge in [-0.15, -0.1) is 11.3 Å². The fraction of sp³-hybridized carbons (Fsp3) is 0.583. The molecule has 6 rings (SSSR count). The lowest BCUT2D eigenvalue weighted by Gasteiger charge is -2.39. The van der Waals surface area contributed by atoms with Crippen LogP contribution in [-0.4, -0.2) is 58.1 Å². The Bertz CT molecular complexity index is 1090. The number of anilines is 3. The first kappa shape index (κ1) is 20.4. The highest BCUT2D eigenvalue weighted by Gasteiger charge is 2.28. The number of hydrogen-bond acceptors (Lipinski definition) is 7. The summed E-state index contributed by atoms with van der Waals surface area (Å²) in [6, 6.07) is 3.47. The smallest absolute Gasteiger partial charge is 0.134 e. The molecule has 2 N–H and O–H groups in total. The van der Waals surface area contributed by atoms with Gasteiger partial charge in [0, 0.05) is 60.4 Å². The van der Waals surface area contributed by atoms with Crippen molar-refractivity contribution < 1.29 is 4.74 Å². The number of ether oxygens (including phenoxy) is 1. The van der Waals surface area contributed by atoms with Gasteiger partial charge < -0.3 is 15.4 Å². The van der Waals surface area contributed by atoms with Gasteiger partial charge in [0.05, 0.1) is 25.1 Å². The lowest BCUT2D eigenvalue weighted by molar-refractivity contribution is 0.00791. The maximum atomic E-state index is 5.55.